The van der Waals surface area contributed by atoms with Gasteiger partial charge in [0.05, 0.1) is 11.4 Å². The van der Waals surface area contributed by atoms with Gasteiger partial charge in [0.25, 0.3) is 0 Å². The average molecular weight is 508 g/mol. The van der Waals surface area contributed by atoms with Crippen LogP contribution in [0.1, 0.15) is 78.5 Å². The number of carbonyl (C=O) groups is 1. The molecule has 0 radical (unpaired) electrons. The fourth-order valence-electron chi connectivity index (χ4n) is 4.32. The highest BCUT2D eigenvalue weighted by atomic mass is 16.5. The van der Waals surface area contributed by atoms with Gasteiger partial charge in [-0.05, 0) is 89.1 Å². The van der Waals surface area contributed by atoms with Gasteiger partial charge in [0.15, 0.2) is 0 Å². The number of nitrogens with one attached hydrogen (secondary N) is 2. The highest BCUT2D eigenvalue weighted by Crippen LogP contribution is 2.31. The maximum Gasteiger partial charge on any atom is 0.412 e. The number of amides is 1. The van der Waals surface area contributed by atoms with Gasteiger partial charge in [0, 0.05) is 34.9 Å². The van der Waals surface area contributed by atoms with E-state index in [0.717, 1.165) is 27.9 Å². The Morgan fingerprint density at radius 3 is 2.57 bits per heavy atom. The zero-order chi connectivity index (χ0) is 27.0. The highest BCUT2D eigenvalue weighted by molar-refractivity contribution is 5.88. The summed E-state index contributed by atoms with van der Waals surface area (Å²) in [6, 6.07) is 10.8. The number of ether oxygens (including phenoxy) is 1. The third-order valence-corrected chi connectivity index (χ3v) is 6.48. The number of hydrazine groups is 1. The molecule has 3 N–H and O–H groups in total. The maximum absolute atomic E-state index is 12.4. The van der Waals surface area contributed by atoms with Crippen molar-refractivity contribution in [2.24, 2.45) is 16.8 Å². The van der Waals surface area contributed by atoms with Crippen LogP contribution in [0.25, 0.3) is 5.57 Å². The highest BCUT2D eigenvalue weighted by Gasteiger charge is 2.21. The summed E-state index contributed by atoms with van der Waals surface area (Å²) in [7, 11) is 0. The van der Waals surface area contributed by atoms with Crippen LogP contribution in [0.15, 0.2) is 53.8 Å². The Morgan fingerprint density at radius 1 is 1.19 bits per heavy atom. The first kappa shape index (κ1) is 28.3. The van der Waals surface area contributed by atoms with Crippen molar-refractivity contribution in [3.05, 3.63) is 60.1 Å². The number of allylic oxidation sites excluding steroid dienone is 1. The second kappa shape index (κ2) is 12.8. The zero-order valence-electron chi connectivity index (χ0n) is 22.9. The van der Waals surface area contributed by atoms with Crippen LogP contribution in [-0.4, -0.2) is 27.5 Å². The van der Waals surface area contributed by atoms with Gasteiger partial charge >= 0.3 is 6.09 Å². The predicted molar refractivity (Wildman–Crippen MR) is 150 cm³/mol. The number of rotatable bonds is 8. The van der Waals surface area contributed by atoms with E-state index in [1.165, 1.54) is 25.7 Å². The second-order valence-electron chi connectivity index (χ2n) is 11.0. The molecular formula is C29H41N5O3. The lowest BCUT2D eigenvalue weighted by Crippen LogP contribution is -2.48. The molecule has 1 amide bonds. The number of nitrogens with zero attached hydrogens (tertiary/aromatic N) is 3. The second-order valence-corrected chi connectivity index (χ2v) is 11.0. The summed E-state index contributed by atoms with van der Waals surface area (Å²) in [5.74, 6) is 1.33. The Hall–Kier alpha value is -3.23. The summed E-state index contributed by atoms with van der Waals surface area (Å²) in [4.78, 5) is 21.3. The van der Waals surface area contributed by atoms with Crippen LogP contribution in [-0.2, 0) is 11.3 Å². The van der Waals surface area contributed by atoms with Crippen molar-refractivity contribution in [3.63, 3.8) is 0 Å². The molecule has 0 spiro atoms. The third kappa shape index (κ3) is 8.98. The molecule has 8 nitrogen and oxygen atoms in total. The van der Waals surface area contributed by atoms with Gasteiger partial charge in [-0.1, -0.05) is 31.9 Å². The van der Waals surface area contributed by atoms with Crippen molar-refractivity contribution < 1.29 is 14.7 Å². The number of aromatic nitrogens is 1. The molecule has 0 aliphatic heterocycles. The summed E-state index contributed by atoms with van der Waals surface area (Å²) < 4.78 is 5.29. The van der Waals surface area contributed by atoms with Crippen molar-refractivity contribution >= 4 is 28.8 Å². The van der Waals surface area contributed by atoms with E-state index in [0.29, 0.717) is 23.0 Å². The van der Waals surface area contributed by atoms with E-state index in [1.807, 2.05) is 46.0 Å². The van der Waals surface area contributed by atoms with Gasteiger partial charge in [-0.15, -0.1) is 0 Å². The molecule has 0 bridgehead atoms. The van der Waals surface area contributed by atoms with Crippen LogP contribution in [0, 0.1) is 11.8 Å². The summed E-state index contributed by atoms with van der Waals surface area (Å²) in [5.41, 5.74) is 7.14. The summed E-state index contributed by atoms with van der Waals surface area (Å²) in [5, 5.41) is 14.6. The summed E-state index contributed by atoms with van der Waals surface area (Å²) in [6.45, 7) is 12.3. The van der Waals surface area contributed by atoms with Gasteiger partial charge in [-0.3, -0.25) is 20.5 Å². The molecule has 8 heteroatoms. The number of hydrogen-bond acceptors (Lipinski definition) is 7. The van der Waals surface area contributed by atoms with Crippen LogP contribution in [0.5, 0.6) is 0 Å². The minimum absolute atomic E-state index is 0.0639. The summed E-state index contributed by atoms with van der Waals surface area (Å²) in [6.07, 6.45) is 7.79. The first-order valence-corrected chi connectivity index (χ1v) is 13.0. The monoisotopic (exact) mass is 507 g/mol. The molecule has 0 atom stereocenters. The molecular weight excluding hydrogens is 466 g/mol. The molecule has 3 rings (SSSR count). The van der Waals surface area contributed by atoms with Crippen molar-refractivity contribution in [1.29, 1.82) is 0 Å². The minimum atomic E-state index is -0.605. The Kier molecular flexibility index (Phi) is 9.83. The Labute approximate surface area is 220 Å². The Bertz CT molecular complexity index is 1100. The molecule has 1 heterocycles. The standard InChI is InChI=1S/C29H41N5O3/c1-20-10-12-23(13-11-20)22(3)31-18-21(2)26-15-14-24(17-27(26)34(36)33-29(4,5)6)32-28(35)37-19-25-9-7-8-16-30-25/h7-9,14-18,20,23,33,36H,10-13,19H2,1-6H3,(H,32,35)/b21-18+,31-22+/t20-,23-. The normalized spacial score (nSPS) is 18.9. The van der Waals surface area contributed by atoms with E-state index in [2.05, 4.69) is 29.6 Å². The SMILES string of the molecule is C/C(=C\N=C(/C)[C@H]1CC[C@H](C)CC1)c1ccc(NC(=O)OCc2ccccn2)cc1N(O)NC(C)(C)C. The first-order valence-electron chi connectivity index (χ1n) is 13.0. The number of pyridine rings is 1. The Morgan fingerprint density at radius 2 is 1.92 bits per heavy atom. The lowest BCUT2D eigenvalue weighted by atomic mass is 9.81. The third-order valence-electron chi connectivity index (χ3n) is 6.48. The molecule has 37 heavy (non-hydrogen) atoms. The molecule has 1 fully saturated rings. The first-order chi connectivity index (χ1) is 17.5. The van der Waals surface area contributed by atoms with E-state index < -0.39 is 6.09 Å². The number of hydrogen-bond donors (Lipinski definition) is 3. The van der Waals surface area contributed by atoms with Crippen LogP contribution >= 0.6 is 0 Å². The average Bonchev–Trinajstić information content (AvgIpc) is 2.86. The van der Waals surface area contributed by atoms with E-state index in [1.54, 1.807) is 30.5 Å². The molecule has 1 saturated carbocycles. The van der Waals surface area contributed by atoms with Crippen molar-refractivity contribution in [2.75, 3.05) is 10.5 Å². The molecule has 1 aliphatic carbocycles. The fraction of sp³-hybridized carbons (Fsp3) is 0.483. The van der Waals surface area contributed by atoms with Crippen molar-refractivity contribution in [1.82, 2.24) is 10.4 Å². The van der Waals surface area contributed by atoms with E-state index >= 15 is 0 Å². The molecule has 1 aliphatic rings. The number of aliphatic imine (C=N–C) groups is 1. The molecule has 1 aromatic carbocycles. The number of benzene rings is 1. The molecule has 0 saturated heterocycles. The molecule has 1 aromatic heterocycles. The van der Waals surface area contributed by atoms with Crippen LogP contribution < -0.4 is 15.9 Å². The number of anilines is 2. The van der Waals surface area contributed by atoms with E-state index in [-0.39, 0.29) is 12.1 Å². The number of carbonyl (C=O) groups excluding carboxylic acids is 1. The van der Waals surface area contributed by atoms with Crippen LogP contribution in [0.2, 0.25) is 0 Å². The predicted octanol–water partition coefficient (Wildman–Crippen LogP) is 6.98. The topological polar surface area (TPSA) is 99.1 Å². The van der Waals surface area contributed by atoms with Crippen molar-refractivity contribution in [2.45, 2.75) is 79.4 Å². The van der Waals surface area contributed by atoms with E-state index in [9.17, 15) is 10.0 Å². The van der Waals surface area contributed by atoms with Gasteiger partial charge in [0.1, 0.15) is 6.61 Å². The smallest absolute Gasteiger partial charge is 0.412 e. The Balaban J connectivity index is 1.79. The van der Waals surface area contributed by atoms with Gasteiger partial charge < -0.3 is 4.74 Å². The largest absolute Gasteiger partial charge is 0.443 e. The maximum atomic E-state index is 12.4. The van der Waals surface area contributed by atoms with Gasteiger partial charge in [0.2, 0.25) is 0 Å². The minimum Gasteiger partial charge on any atom is -0.443 e. The summed E-state index contributed by atoms with van der Waals surface area (Å²) >= 11 is 0. The molecule has 0 unspecified atom stereocenters. The quantitative estimate of drug-likeness (QED) is 0.263. The lowest BCUT2D eigenvalue weighted by Gasteiger charge is -2.29. The zero-order valence-corrected chi connectivity index (χ0v) is 22.9. The van der Waals surface area contributed by atoms with Crippen LogP contribution in [0.4, 0.5) is 16.2 Å². The molecule has 200 valence electrons. The van der Waals surface area contributed by atoms with E-state index in [4.69, 9.17) is 9.73 Å². The van der Waals surface area contributed by atoms with Crippen LogP contribution in [0.3, 0.4) is 0 Å². The molecule has 2 aromatic rings. The van der Waals surface area contributed by atoms with Gasteiger partial charge in [-0.2, -0.15) is 5.17 Å². The lowest BCUT2D eigenvalue weighted by molar-refractivity contribution is 0.153. The van der Waals surface area contributed by atoms with Crippen molar-refractivity contribution in [3.8, 4) is 0 Å². The fourth-order valence-corrected chi connectivity index (χ4v) is 4.32. The van der Waals surface area contributed by atoms with Gasteiger partial charge in [-0.25, -0.2) is 10.2 Å².